The van der Waals surface area contributed by atoms with Crippen molar-refractivity contribution in [3.8, 4) is 0 Å². The van der Waals surface area contributed by atoms with Crippen LogP contribution in [-0.4, -0.2) is 75.2 Å². The molecule has 0 aliphatic carbocycles. The summed E-state index contributed by atoms with van der Waals surface area (Å²) in [4.78, 5) is 10.9. The SMILES string of the molecule is CCN=C([N]=[Ta])C(N(C)C)(N(C)C)N(C)C. The third-order valence-corrected chi connectivity index (χ3v) is 3.25. The van der Waals surface area contributed by atoms with E-state index in [1.807, 2.05) is 6.92 Å². The average Bonchev–Trinajstić information content (AvgIpc) is 2.15. The van der Waals surface area contributed by atoms with Crippen molar-refractivity contribution in [2.24, 2.45) is 8.33 Å². The van der Waals surface area contributed by atoms with Crippen LogP contribution in [0, 0.1) is 0 Å². The Balaban J connectivity index is 5.68. The maximum atomic E-state index is 4.53. The summed E-state index contributed by atoms with van der Waals surface area (Å²) in [6, 6.07) is 0. The molecule has 0 spiro atoms. The minimum atomic E-state index is -0.370. The van der Waals surface area contributed by atoms with Crippen LogP contribution in [0.4, 0.5) is 0 Å². The van der Waals surface area contributed by atoms with Gasteiger partial charge in [-0.15, -0.1) is 0 Å². The minimum absolute atomic E-state index is 0.370. The summed E-state index contributed by atoms with van der Waals surface area (Å²) in [5.74, 6) is 0.508. The number of rotatable bonds is 5. The predicted molar refractivity (Wildman–Crippen MR) is 64.2 cm³/mol. The summed E-state index contributed by atoms with van der Waals surface area (Å²) in [7, 11) is 12.3. The van der Waals surface area contributed by atoms with Gasteiger partial charge in [0, 0.05) is 0 Å². The van der Waals surface area contributed by atoms with Crippen molar-refractivity contribution in [3.63, 3.8) is 0 Å². The monoisotopic (exact) mass is 394 g/mol. The van der Waals surface area contributed by atoms with E-state index in [1.165, 1.54) is 0 Å². The van der Waals surface area contributed by atoms with Gasteiger partial charge in [0.15, 0.2) is 0 Å². The molecule has 93 valence electrons. The number of likely N-dealkylation sites (N-methyl/N-ethyl adjacent to an activating group) is 3. The van der Waals surface area contributed by atoms with Gasteiger partial charge in [-0.2, -0.15) is 0 Å². The van der Waals surface area contributed by atoms with Gasteiger partial charge in [-0.05, 0) is 0 Å². The molecule has 0 amide bonds. The first kappa shape index (κ1) is 16.1. The Hall–Kier alpha value is 0.0903. The Kier molecular flexibility index (Phi) is 6.77. The van der Waals surface area contributed by atoms with E-state index < -0.39 is 0 Å². The van der Waals surface area contributed by atoms with Gasteiger partial charge in [0.05, 0.1) is 0 Å². The summed E-state index contributed by atoms with van der Waals surface area (Å²) in [6.07, 6.45) is 0. The van der Waals surface area contributed by atoms with E-state index in [-0.39, 0.29) is 5.79 Å². The van der Waals surface area contributed by atoms with Crippen LogP contribution in [0.2, 0.25) is 0 Å². The molecular weight excluding hydrogens is 371 g/mol. The van der Waals surface area contributed by atoms with Crippen LogP contribution in [0.1, 0.15) is 6.92 Å². The fourth-order valence-electron chi connectivity index (χ4n) is 2.15. The molecule has 0 rings (SSSR count). The second-order valence-corrected chi connectivity index (χ2v) is 4.94. The molecule has 0 radical (unpaired) electrons. The molecule has 0 saturated carbocycles. The number of nitrogens with zero attached hydrogens (tertiary/aromatic N) is 5. The Morgan fingerprint density at radius 2 is 1.38 bits per heavy atom. The molecule has 0 aliphatic heterocycles. The topological polar surface area (TPSA) is 34.4 Å². The fraction of sp³-hybridized carbons (Fsp3) is 0.900. The number of hydrogen-bond acceptors (Lipinski definition) is 4. The van der Waals surface area contributed by atoms with Crippen LogP contribution in [0.25, 0.3) is 0 Å². The fourth-order valence-corrected chi connectivity index (χ4v) is 2.86. The third kappa shape index (κ3) is 2.85. The molecule has 0 aromatic rings. The van der Waals surface area contributed by atoms with E-state index in [2.05, 4.69) is 65.3 Å². The Morgan fingerprint density at radius 1 is 1.00 bits per heavy atom. The predicted octanol–water partition coefficient (Wildman–Crippen LogP) is 0.474. The molecule has 0 atom stereocenters. The first-order chi connectivity index (χ1) is 7.35. The molecule has 0 saturated heterocycles. The van der Waals surface area contributed by atoms with Gasteiger partial charge in [0.25, 0.3) is 0 Å². The molecule has 16 heavy (non-hydrogen) atoms. The molecule has 0 heterocycles. The number of aliphatic imine (C=N–C) groups is 1. The zero-order valence-corrected chi connectivity index (χ0v) is 14.6. The molecule has 6 heteroatoms. The van der Waals surface area contributed by atoms with Crippen LogP contribution >= 0.6 is 0 Å². The maximum absolute atomic E-state index is 4.53. The molecule has 0 fully saturated rings. The quantitative estimate of drug-likeness (QED) is 0.387. The molecule has 0 aromatic carbocycles. The van der Waals surface area contributed by atoms with E-state index in [0.717, 1.165) is 33.3 Å². The second-order valence-electron chi connectivity index (χ2n) is 4.22. The molecule has 0 bridgehead atoms. The van der Waals surface area contributed by atoms with Gasteiger partial charge in [-0.25, -0.2) is 0 Å². The Labute approximate surface area is 111 Å². The van der Waals surface area contributed by atoms with E-state index >= 15 is 0 Å². The van der Waals surface area contributed by atoms with Gasteiger partial charge in [-0.1, -0.05) is 0 Å². The summed E-state index contributed by atoms with van der Waals surface area (Å²) in [5, 5.41) is 0. The van der Waals surface area contributed by atoms with E-state index in [4.69, 9.17) is 0 Å². The van der Waals surface area contributed by atoms with Crippen LogP contribution in [0.3, 0.4) is 0 Å². The summed E-state index contributed by atoms with van der Waals surface area (Å²) >= 11 is 0.973. The first-order valence-electron chi connectivity index (χ1n) is 5.27. The van der Waals surface area contributed by atoms with Crippen molar-refractivity contribution in [1.82, 2.24) is 14.7 Å². The third-order valence-electron chi connectivity index (χ3n) is 2.57. The number of amidine groups is 1. The van der Waals surface area contributed by atoms with Gasteiger partial charge in [-0.3, -0.25) is 0 Å². The van der Waals surface area contributed by atoms with Gasteiger partial charge in [0.2, 0.25) is 0 Å². The molecule has 0 aliphatic rings. The summed E-state index contributed by atoms with van der Waals surface area (Å²) in [5.41, 5.74) is 0. The zero-order chi connectivity index (χ0) is 12.9. The average molecular weight is 394 g/mol. The molecule has 0 N–H and O–H groups in total. The van der Waals surface area contributed by atoms with E-state index in [0.29, 0.717) is 0 Å². The van der Waals surface area contributed by atoms with Crippen LogP contribution in [0.5, 0.6) is 0 Å². The van der Waals surface area contributed by atoms with Crippen molar-refractivity contribution in [3.05, 3.63) is 0 Å². The standard InChI is InChI=1S/C10H23N5.Ta/c1-8-12-9(11)10(13(2)3,14(4)5)15(6)7;/h8H2,1-7H3;. The zero-order valence-electron chi connectivity index (χ0n) is 11.4. The second kappa shape index (κ2) is 6.74. The Morgan fingerprint density at radius 3 is 1.56 bits per heavy atom. The van der Waals surface area contributed by atoms with Crippen molar-refractivity contribution < 1.29 is 20.9 Å². The first-order valence-corrected chi connectivity index (χ1v) is 6.71. The van der Waals surface area contributed by atoms with Crippen LogP contribution in [-0.2, 0) is 20.9 Å². The molecule has 0 aromatic heterocycles. The van der Waals surface area contributed by atoms with Crippen LogP contribution < -0.4 is 0 Å². The van der Waals surface area contributed by atoms with Gasteiger partial charge >= 0.3 is 111 Å². The van der Waals surface area contributed by atoms with Crippen LogP contribution in [0.15, 0.2) is 8.33 Å². The van der Waals surface area contributed by atoms with E-state index in [1.54, 1.807) is 0 Å². The van der Waals surface area contributed by atoms with Crippen molar-refractivity contribution in [2.75, 3.05) is 48.8 Å². The molecular formula is C10H23N5Ta. The normalized spacial score (nSPS) is 13.9. The number of hydrogen-bond donors (Lipinski definition) is 0. The van der Waals surface area contributed by atoms with Crippen molar-refractivity contribution in [2.45, 2.75) is 12.7 Å². The Bertz CT molecular complexity index is 238. The van der Waals surface area contributed by atoms with Gasteiger partial charge < -0.3 is 0 Å². The van der Waals surface area contributed by atoms with Gasteiger partial charge in [0.1, 0.15) is 0 Å². The van der Waals surface area contributed by atoms with Crippen molar-refractivity contribution >= 4 is 5.84 Å². The molecule has 5 nitrogen and oxygen atoms in total. The molecule has 0 unspecified atom stereocenters. The summed E-state index contributed by atoms with van der Waals surface area (Å²) < 4.78 is 4.45. The summed E-state index contributed by atoms with van der Waals surface area (Å²) in [6.45, 7) is 2.79. The van der Waals surface area contributed by atoms with E-state index in [9.17, 15) is 0 Å². The van der Waals surface area contributed by atoms with Crippen molar-refractivity contribution in [1.29, 1.82) is 0 Å².